The van der Waals surface area contributed by atoms with Gasteiger partial charge in [-0.3, -0.25) is 9.69 Å². The maximum Gasteiger partial charge on any atom is 0.266 e. The van der Waals surface area contributed by atoms with E-state index in [1.807, 2.05) is 0 Å². The van der Waals surface area contributed by atoms with Gasteiger partial charge in [-0.2, -0.15) is 0 Å². The highest BCUT2D eigenvalue weighted by molar-refractivity contribution is 8.26. The van der Waals surface area contributed by atoms with Crippen molar-refractivity contribution in [3.05, 3.63) is 40.6 Å². The molecule has 2 rings (SSSR count). The largest absolute Gasteiger partial charge is 0.550 e. The standard InChI is InChI=1S/C14H10FNO5S2/c15-8-3-1-2-7(4-8)5-10-12(19)16(14(22)23-10)9(13(20)21)6-11(17)18/h1-5,9H,6H2,(H,17,18)(H,20,21)/p-2/b10-5-/t9-/m0/s1. The molecule has 9 heteroatoms. The third-order valence-corrected chi connectivity index (χ3v) is 4.24. The van der Waals surface area contributed by atoms with E-state index in [1.165, 1.54) is 24.3 Å². The molecule has 6 nitrogen and oxygen atoms in total. The number of benzene rings is 1. The van der Waals surface area contributed by atoms with E-state index in [0.29, 0.717) is 10.5 Å². The zero-order valence-electron chi connectivity index (χ0n) is 11.4. The number of thioether (sulfide) groups is 1. The summed E-state index contributed by atoms with van der Waals surface area (Å²) in [6.07, 6.45) is 0.399. The van der Waals surface area contributed by atoms with Crippen LogP contribution in [0.4, 0.5) is 4.39 Å². The van der Waals surface area contributed by atoms with Gasteiger partial charge in [-0.05, 0) is 23.8 Å². The molecule has 0 unspecified atom stereocenters. The van der Waals surface area contributed by atoms with E-state index in [1.54, 1.807) is 6.07 Å². The SMILES string of the molecule is O=C([O-])C[C@@H](C(=O)[O-])N1C(=O)/C(=C/c2cccc(F)c2)SC1=S. The van der Waals surface area contributed by atoms with Crippen LogP contribution in [-0.2, 0) is 14.4 Å². The van der Waals surface area contributed by atoms with Gasteiger partial charge in [0.25, 0.3) is 5.91 Å². The first-order valence-electron chi connectivity index (χ1n) is 6.23. The van der Waals surface area contributed by atoms with E-state index in [0.717, 1.165) is 11.8 Å². The van der Waals surface area contributed by atoms with Gasteiger partial charge >= 0.3 is 0 Å². The summed E-state index contributed by atoms with van der Waals surface area (Å²) < 4.78 is 13.0. The maximum absolute atomic E-state index is 13.2. The number of thiocarbonyl (C=S) groups is 1. The monoisotopic (exact) mass is 353 g/mol. The Balaban J connectivity index is 2.32. The van der Waals surface area contributed by atoms with Crippen molar-refractivity contribution < 1.29 is 29.0 Å². The Kier molecular flexibility index (Phi) is 5.12. The second-order valence-corrected chi connectivity index (χ2v) is 6.19. The molecule has 1 amide bonds. The first kappa shape index (κ1) is 17.1. The van der Waals surface area contributed by atoms with Gasteiger partial charge in [-0.15, -0.1) is 0 Å². The number of carboxylic acid groups (broad SMARTS) is 2. The first-order valence-corrected chi connectivity index (χ1v) is 7.45. The summed E-state index contributed by atoms with van der Waals surface area (Å²) in [5, 5.41) is 21.7. The predicted molar refractivity (Wildman–Crippen MR) is 79.8 cm³/mol. The summed E-state index contributed by atoms with van der Waals surface area (Å²) in [6, 6.07) is 3.65. The molecule has 0 radical (unpaired) electrons. The van der Waals surface area contributed by atoms with E-state index in [4.69, 9.17) is 12.2 Å². The van der Waals surface area contributed by atoms with Crippen LogP contribution in [0.5, 0.6) is 0 Å². The molecule has 1 aliphatic rings. The molecule has 1 aromatic rings. The smallest absolute Gasteiger partial charge is 0.266 e. The number of carbonyl (C=O) groups is 3. The van der Waals surface area contributed by atoms with Crippen molar-refractivity contribution in [3.63, 3.8) is 0 Å². The fourth-order valence-corrected chi connectivity index (χ4v) is 3.29. The third kappa shape index (κ3) is 3.93. The summed E-state index contributed by atoms with van der Waals surface area (Å²) in [5.74, 6) is -4.68. The topological polar surface area (TPSA) is 101 Å². The van der Waals surface area contributed by atoms with Gasteiger partial charge in [-0.25, -0.2) is 4.39 Å². The highest BCUT2D eigenvalue weighted by Gasteiger charge is 2.37. The second kappa shape index (κ2) is 6.88. The van der Waals surface area contributed by atoms with Gasteiger partial charge in [0, 0.05) is 12.4 Å². The molecule has 1 fully saturated rings. The van der Waals surface area contributed by atoms with Crippen molar-refractivity contribution in [2.24, 2.45) is 0 Å². The minimum absolute atomic E-state index is 0.0604. The second-order valence-electron chi connectivity index (χ2n) is 4.52. The van der Waals surface area contributed by atoms with E-state index >= 15 is 0 Å². The van der Waals surface area contributed by atoms with Crippen molar-refractivity contribution in [3.8, 4) is 0 Å². The van der Waals surface area contributed by atoms with Gasteiger partial charge in [0.2, 0.25) is 0 Å². The lowest BCUT2D eigenvalue weighted by Gasteiger charge is -2.27. The molecule has 0 saturated carbocycles. The van der Waals surface area contributed by atoms with Crippen LogP contribution in [-0.4, -0.2) is 33.1 Å². The van der Waals surface area contributed by atoms with Crippen molar-refractivity contribution in [2.45, 2.75) is 12.5 Å². The molecule has 23 heavy (non-hydrogen) atoms. The number of rotatable bonds is 5. The lowest BCUT2D eigenvalue weighted by molar-refractivity contribution is -0.319. The quantitative estimate of drug-likeness (QED) is 0.509. The molecule has 0 bridgehead atoms. The molecule has 1 aliphatic heterocycles. The molecule has 1 heterocycles. The molecule has 120 valence electrons. The van der Waals surface area contributed by atoms with Crippen molar-refractivity contribution >= 4 is 52.2 Å². The minimum atomic E-state index is -1.76. The molecule has 1 atom stereocenters. The molecular weight excluding hydrogens is 345 g/mol. The van der Waals surface area contributed by atoms with Crippen LogP contribution >= 0.6 is 24.0 Å². The van der Waals surface area contributed by atoms with Gasteiger partial charge in [0.15, 0.2) is 0 Å². The van der Waals surface area contributed by atoms with Crippen LogP contribution in [0.3, 0.4) is 0 Å². The fraction of sp³-hybridized carbons (Fsp3) is 0.143. The molecule has 1 aromatic carbocycles. The number of nitrogens with zero attached hydrogens (tertiary/aromatic N) is 1. The van der Waals surface area contributed by atoms with Crippen LogP contribution in [0.15, 0.2) is 29.2 Å². The van der Waals surface area contributed by atoms with Crippen LogP contribution < -0.4 is 10.2 Å². The number of amides is 1. The summed E-state index contributed by atoms with van der Waals surface area (Å²) in [4.78, 5) is 34.7. The summed E-state index contributed by atoms with van der Waals surface area (Å²) >= 11 is 5.73. The van der Waals surface area contributed by atoms with Gasteiger partial charge in [-0.1, -0.05) is 36.1 Å². The van der Waals surface area contributed by atoms with E-state index in [-0.39, 0.29) is 9.23 Å². The zero-order valence-corrected chi connectivity index (χ0v) is 13.0. The Hall–Kier alpha value is -2.26. The Bertz CT molecular complexity index is 734. The molecule has 0 aliphatic carbocycles. The maximum atomic E-state index is 13.2. The Morgan fingerprint density at radius 3 is 2.65 bits per heavy atom. The minimum Gasteiger partial charge on any atom is -0.550 e. The van der Waals surface area contributed by atoms with Gasteiger partial charge in [0.05, 0.1) is 16.9 Å². The van der Waals surface area contributed by atoms with Crippen LogP contribution in [0.1, 0.15) is 12.0 Å². The third-order valence-electron chi connectivity index (χ3n) is 2.91. The van der Waals surface area contributed by atoms with E-state index < -0.39 is 36.1 Å². The Morgan fingerprint density at radius 2 is 2.09 bits per heavy atom. The normalized spacial score (nSPS) is 17.6. The summed E-state index contributed by atoms with van der Waals surface area (Å²) in [6.45, 7) is 0. The highest BCUT2D eigenvalue weighted by atomic mass is 32.2. The molecule has 0 aromatic heterocycles. The molecule has 0 spiro atoms. The number of carbonyl (C=O) groups excluding carboxylic acids is 3. The average molecular weight is 353 g/mol. The Morgan fingerprint density at radius 1 is 1.39 bits per heavy atom. The van der Waals surface area contributed by atoms with Gasteiger partial charge < -0.3 is 19.8 Å². The zero-order chi connectivity index (χ0) is 17.1. The van der Waals surface area contributed by atoms with Crippen LogP contribution in [0.25, 0.3) is 6.08 Å². The number of carboxylic acids is 2. The van der Waals surface area contributed by atoms with E-state index in [2.05, 4.69) is 0 Å². The van der Waals surface area contributed by atoms with Crippen LogP contribution in [0, 0.1) is 5.82 Å². The van der Waals surface area contributed by atoms with Crippen molar-refractivity contribution in [2.75, 3.05) is 0 Å². The summed E-state index contributed by atoms with van der Waals surface area (Å²) in [7, 11) is 0. The van der Waals surface area contributed by atoms with Crippen molar-refractivity contribution in [1.29, 1.82) is 0 Å². The highest BCUT2D eigenvalue weighted by Crippen LogP contribution is 2.34. The number of hydrogen-bond acceptors (Lipinski definition) is 7. The predicted octanol–water partition coefficient (Wildman–Crippen LogP) is -0.715. The Labute approximate surface area is 139 Å². The summed E-state index contributed by atoms with van der Waals surface area (Å²) in [5.41, 5.74) is 0.385. The van der Waals surface area contributed by atoms with Gasteiger partial charge in [0.1, 0.15) is 10.1 Å². The molecular formula is C14H8FNO5S2-2. The average Bonchev–Trinajstić information content (AvgIpc) is 2.71. The van der Waals surface area contributed by atoms with Crippen molar-refractivity contribution in [1.82, 2.24) is 4.90 Å². The number of halogens is 1. The molecule has 0 N–H and O–H groups in total. The molecule has 1 saturated heterocycles. The lowest BCUT2D eigenvalue weighted by atomic mass is 10.1. The fourth-order valence-electron chi connectivity index (χ4n) is 1.93. The first-order chi connectivity index (χ1) is 10.8. The van der Waals surface area contributed by atoms with Crippen LogP contribution in [0.2, 0.25) is 0 Å². The lowest BCUT2D eigenvalue weighted by Crippen LogP contribution is -2.52. The number of hydrogen-bond donors (Lipinski definition) is 0. The number of aliphatic carboxylic acids is 2. The van der Waals surface area contributed by atoms with E-state index in [9.17, 15) is 29.0 Å².